The maximum absolute atomic E-state index is 12.0. The van der Waals surface area contributed by atoms with Gasteiger partial charge in [0.05, 0.1) is 32.8 Å². The van der Waals surface area contributed by atoms with Crippen LogP contribution < -0.4 is 0 Å². The zero-order valence-corrected chi connectivity index (χ0v) is 14.2. The van der Waals surface area contributed by atoms with E-state index in [1.165, 1.54) is 6.26 Å². The zero-order valence-electron chi connectivity index (χ0n) is 13.4. The summed E-state index contributed by atoms with van der Waals surface area (Å²) in [5.74, 6) is 0. The number of aromatic amines is 1. The highest BCUT2D eigenvalue weighted by Gasteiger charge is 2.17. The Morgan fingerprint density at radius 3 is 2.71 bits per heavy atom. The van der Waals surface area contributed by atoms with Crippen LogP contribution in [0, 0.1) is 6.92 Å². The lowest BCUT2D eigenvalue weighted by Gasteiger charge is -2.02. The standard InChI is InChI=1S/C16H15N5O2S/c1-9-16(21(2)20-19-9)10-7-12-14(17-8-10)11-5-4-6-13(15(11)18-12)24(3,22)23/h4-8,18H,1-3H3. The zero-order chi connectivity index (χ0) is 17.1. The van der Waals surface area contributed by atoms with E-state index in [1.807, 2.05) is 26.1 Å². The number of hydrogen-bond acceptors (Lipinski definition) is 5. The van der Waals surface area contributed by atoms with Crippen molar-refractivity contribution in [3.63, 3.8) is 0 Å². The molecule has 1 N–H and O–H groups in total. The number of H-pyrrole nitrogens is 1. The Balaban J connectivity index is 2.04. The van der Waals surface area contributed by atoms with Gasteiger partial charge >= 0.3 is 0 Å². The van der Waals surface area contributed by atoms with Crippen molar-refractivity contribution in [3.05, 3.63) is 36.2 Å². The average molecular weight is 341 g/mol. The van der Waals surface area contributed by atoms with E-state index < -0.39 is 9.84 Å². The average Bonchev–Trinajstić information content (AvgIpc) is 3.05. The van der Waals surface area contributed by atoms with Gasteiger partial charge in [0.1, 0.15) is 0 Å². The molecule has 0 fully saturated rings. The third-order valence-corrected chi connectivity index (χ3v) is 5.24. The third kappa shape index (κ3) is 2.10. The predicted molar refractivity (Wildman–Crippen MR) is 91.4 cm³/mol. The van der Waals surface area contributed by atoms with E-state index in [-0.39, 0.29) is 4.90 Å². The Morgan fingerprint density at radius 1 is 1.25 bits per heavy atom. The molecule has 0 aliphatic rings. The molecule has 0 amide bonds. The molecule has 7 nitrogen and oxygen atoms in total. The number of nitrogens with one attached hydrogen (secondary N) is 1. The number of sulfone groups is 1. The van der Waals surface area contributed by atoms with Gasteiger partial charge in [0.15, 0.2) is 9.84 Å². The summed E-state index contributed by atoms with van der Waals surface area (Å²) >= 11 is 0. The number of rotatable bonds is 2. The molecule has 24 heavy (non-hydrogen) atoms. The second kappa shape index (κ2) is 4.88. The highest BCUT2D eigenvalue weighted by molar-refractivity contribution is 7.91. The lowest BCUT2D eigenvalue weighted by atomic mass is 10.1. The van der Waals surface area contributed by atoms with Gasteiger partial charge in [-0.25, -0.2) is 13.1 Å². The predicted octanol–water partition coefficient (Wildman–Crippen LogP) is 2.22. The van der Waals surface area contributed by atoms with Crippen LogP contribution >= 0.6 is 0 Å². The van der Waals surface area contributed by atoms with E-state index in [0.717, 1.165) is 33.4 Å². The normalized spacial score (nSPS) is 12.3. The Morgan fingerprint density at radius 2 is 2.04 bits per heavy atom. The maximum atomic E-state index is 12.0. The molecule has 3 heterocycles. The summed E-state index contributed by atoms with van der Waals surface area (Å²) < 4.78 is 25.7. The van der Waals surface area contributed by atoms with Crippen LogP contribution in [0.4, 0.5) is 0 Å². The molecular formula is C16H15N5O2S. The van der Waals surface area contributed by atoms with Gasteiger partial charge < -0.3 is 4.98 Å². The Bertz CT molecular complexity index is 1180. The molecule has 4 rings (SSSR count). The molecule has 3 aromatic heterocycles. The molecule has 0 atom stereocenters. The number of pyridine rings is 1. The van der Waals surface area contributed by atoms with Gasteiger partial charge in [0.25, 0.3) is 0 Å². The van der Waals surface area contributed by atoms with Crippen molar-refractivity contribution >= 4 is 31.8 Å². The van der Waals surface area contributed by atoms with E-state index in [4.69, 9.17) is 0 Å². The number of nitrogens with zero attached hydrogens (tertiary/aromatic N) is 4. The molecule has 0 aliphatic heterocycles. The molecule has 4 aromatic rings. The first-order valence-corrected chi connectivity index (χ1v) is 9.22. The maximum Gasteiger partial charge on any atom is 0.177 e. The Labute approximate surface area is 138 Å². The molecule has 0 aliphatic carbocycles. The minimum absolute atomic E-state index is 0.276. The largest absolute Gasteiger partial charge is 0.352 e. The summed E-state index contributed by atoms with van der Waals surface area (Å²) in [4.78, 5) is 8.01. The van der Waals surface area contributed by atoms with Crippen molar-refractivity contribution in [2.75, 3.05) is 6.26 Å². The van der Waals surface area contributed by atoms with Crippen molar-refractivity contribution in [1.29, 1.82) is 0 Å². The fourth-order valence-electron chi connectivity index (χ4n) is 3.06. The van der Waals surface area contributed by atoms with Crippen LogP contribution in [0.25, 0.3) is 33.2 Å². The van der Waals surface area contributed by atoms with E-state index in [9.17, 15) is 8.42 Å². The van der Waals surface area contributed by atoms with Gasteiger partial charge in [0.2, 0.25) is 0 Å². The van der Waals surface area contributed by atoms with Gasteiger partial charge in [-0.3, -0.25) is 4.98 Å². The molecule has 0 saturated heterocycles. The van der Waals surface area contributed by atoms with E-state index in [1.54, 1.807) is 23.0 Å². The van der Waals surface area contributed by atoms with Crippen LogP contribution in [0.5, 0.6) is 0 Å². The van der Waals surface area contributed by atoms with Crippen LogP contribution in [0.15, 0.2) is 35.4 Å². The number of aryl methyl sites for hydroxylation is 2. The lowest BCUT2D eigenvalue weighted by Crippen LogP contribution is -1.97. The minimum Gasteiger partial charge on any atom is -0.352 e. The molecular weight excluding hydrogens is 326 g/mol. The molecule has 0 bridgehead atoms. The van der Waals surface area contributed by atoms with Crippen LogP contribution in [0.2, 0.25) is 0 Å². The van der Waals surface area contributed by atoms with Crippen LogP contribution in [0.1, 0.15) is 5.69 Å². The summed E-state index contributed by atoms with van der Waals surface area (Å²) in [5, 5.41) is 8.86. The summed E-state index contributed by atoms with van der Waals surface area (Å²) in [6, 6.07) is 7.15. The molecule has 8 heteroatoms. The second-order valence-corrected chi connectivity index (χ2v) is 7.83. The minimum atomic E-state index is -3.33. The topological polar surface area (TPSA) is 93.5 Å². The molecule has 1 aromatic carbocycles. The smallest absolute Gasteiger partial charge is 0.177 e. The van der Waals surface area contributed by atoms with E-state index >= 15 is 0 Å². The van der Waals surface area contributed by atoms with Gasteiger partial charge in [0, 0.05) is 30.4 Å². The third-order valence-electron chi connectivity index (χ3n) is 4.10. The number of benzene rings is 1. The van der Waals surface area contributed by atoms with Gasteiger partial charge in [-0.1, -0.05) is 17.3 Å². The fraction of sp³-hybridized carbons (Fsp3) is 0.188. The number of fused-ring (bicyclic) bond motifs is 3. The highest BCUT2D eigenvalue weighted by atomic mass is 32.2. The first-order chi connectivity index (χ1) is 11.4. The van der Waals surface area contributed by atoms with Crippen molar-refractivity contribution in [1.82, 2.24) is 25.0 Å². The van der Waals surface area contributed by atoms with E-state index in [2.05, 4.69) is 20.3 Å². The van der Waals surface area contributed by atoms with Gasteiger partial charge in [-0.15, -0.1) is 5.10 Å². The van der Waals surface area contributed by atoms with Crippen molar-refractivity contribution in [3.8, 4) is 11.3 Å². The molecule has 0 radical (unpaired) electrons. The highest BCUT2D eigenvalue weighted by Crippen LogP contribution is 2.31. The molecule has 122 valence electrons. The summed E-state index contributed by atoms with van der Waals surface area (Å²) in [7, 11) is -1.50. The van der Waals surface area contributed by atoms with E-state index in [0.29, 0.717) is 5.52 Å². The quantitative estimate of drug-likeness (QED) is 0.603. The summed E-state index contributed by atoms with van der Waals surface area (Å²) in [6.07, 6.45) is 2.96. The van der Waals surface area contributed by atoms with Crippen LogP contribution in [-0.4, -0.2) is 39.6 Å². The number of para-hydroxylation sites is 1. The Hall–Kier alpha value is -2.74. The summed E-state index contributed by atoms with van der Waals surface area (Å²) in [5.41, 5.74) is 4.67. The van der Waals surface area contributed by atoms with Crippen molar-refractivity contribution < 1.29 is 8.42 Å². The SMILES string of the molecule is Cc1nnn(C)c1-c1cnc2c(c1)[nH]c1c(S(C)(=O)=O)cccc12. The van der Waals surface area contributed by atoms with Crippen molar-refractivity contribution in [2.45, 2.75) is 11.8 Å². The summed E-state index contributed by atoms with van der Waals surface area (Å²) in [6.45, 7) is 1.89. The first kappa shape index (κ1) is 14.8. The number of hydrogen-bond donors (Lipinski definition) is 1. The van der Waals surface area contributed by atoms with Crippen molar-refractivity contribution in [2.24, 2.45) is 7.05 Å². The molecule has 0 saturated carbocycles. The first-order valence-electron chi connectivity index (χ1n) is 7.33. The van der Waals surface area contributed by atoms with Crippen LogP contribution in [0.3, 0.4) is 0 Å². The number of aromatic nitrogens is 5. The van der Waals surface area contributed by atoms with Gasteiger partial charge in [-0.05, 0) is 19.1 Å². The monoisotopic (exact) mass is 341 g/mol. The van der Waals surface area contributed by atoms with Crippen LogP contribution in [-0.2, 0) is 16.9 Å². The Kier molecular flexibility index (Phi) is 3.01. The second-order valence-electron chi connectivity index (χ2n) is 5.84. The molecule has 0 spiro atoms. The van der Waals surface area contributed by atoms with Gasteiger partial charge in [-0.2, -0.15) is 0 Å². The lowest BCUT2D eigenvalue weighted by molar-refractivity contribution is 0.602. The fourth-order valence-corrected chi connectivity index (χ4v) is 3.92. The molecule has 0 unspecified atom stereocenters.